The van der Waals surface area contributed by atoms with Crippen molar-refractivity contribution < 1.29 is 57.3 Å². The lowest BCUT2D eigenvalue weighted by atomic mass is 9.52. The van der Waals surface area contributed by atoms with Crippen molar-refractivity contribution in [2.24, 2.45) is 11.8 Å². The third-order valence-electron chi connectivity index (χ3n) is 13.0. The maximum absolute atomic E-state index is 14.3. The van der Waals surface area contributed by atoms with Gasteiger partial charge < -0.3 is 29.6 Å². The van der Waals surface area contributed by atoms with Crippen LogP contribution >= 0.6 is 0 Å². The predicted octanol–water partition coefficient (Wildman–Crippen LogP) is 7.86. The molecule has 67 heavy (non-hydrogen) atoms. The van der Waals surface area contributed by atoms with Crippen LogP contribution in [0.15, 0.2) is 110 Å². The van der Waals surface area contributed by atoms with Crippen LogP contribution in [0.4, 0.5) is 5.69 Å². The Morgan fingerprint density at radius 1 is 0.627 bits per heavy atom. The minimum absolute atomic E-state index is 0.0307. The smallest absolute Gasteiger partial charge is 0.339 e. The fourth-order valence-corrected chi connectivity index (χ4v) is 9.99. The molecule has 2 N–H and O–H groups in total. The summed E-state index contributed by atoms with van der Waals surface area (Å²) >= 11 is 0. The zero-order chi connectivity index (χ0) is 48.3. The zero-order valence-electron chi connectivity index (χ0n) is 37.9. The molecule has 2 amide bonds. The number of hydrogen-bond acceptors (Lipinski definition) is 12. The van der Waals surface area contributed by atoms with Crippen LogP contribution in [0.3, 0.4) is 0 Å². The van der Waals surface area contributed by atoms with E-state index < -0.39 is 77.1 Å². The summed E-state index contributed by atoms with van der Waals surface area (Å²) in [7, 11) is 1.40. The average molecular weight is 909 g/mol. The molecule has 4 aliphatic carbocycles. The van der Waals surface area contributed by atoms with Gasteiger partial charge in [0.2, 0.25) is 0 Å². The molecule has 4 bridgehead atoms. The van der Waals surface area contributed by atoms with Crippen molar-refractivity contribution in [2.75, 3.05) is 25.6 Å². The highest BCUT2D eigenvalue weighted by Crippen LogP contribution is 2.60. The number of ether oxygens (including phenoxy) is 4. The minimum Gasteiger partial charge on any atom is -0.455 e. The Bertz CT molecular complexity index is 2720. The van der Waals surface area contributed by atoms with Gasteiger partial charge in [0.05, 0.1) is 33.4 Å². The van der Waals surface area contributed by atoms with Crippen LogP contribution in [0.1, 0.15) is 131 Å². The second kappa shape index (κ2) is 19.2. The van der Waals surface area contributed by atoms with Crippen molar-refractivity contribution in [1.29, 1.82) is 0 Å². The Morgan fingerprint density at radius 3 is 1.58 bits per heavy atom. The van der Waals surface area contributed by atoms with E-state index in [2.05, 4.69) is 23.8 Å². The Balaban J connectivity index is 1.14. The van der Waals surface area contributed by atoms with Gasteiger partial charge in [0.25, 0.3) is 11.8 Å². The zero-order valence-corrected chi connectivity index (χ0v) is 37.9. The number of anilines is 1. The molecule has 14 heteroatoms. The summed E-state index contributed by atoms with van der Waals surface area (Å²) in [5.41, 5.74) is -0.147. The molecule has 2 atom stereocenters. The number of nitrogens with one attached hydrogen (secondary N) is 2. The summed E-state index contributed by atoms with van der Waals surface area (Å²) in [4.78, 5) is 105. The van der Waals surface area contributed by atoms with Gasteiger partial charge in [-0.2, -0.15) is 0 Å². The number of ketones is 2. The van der Waals surface area contributed by atoms with Crippen molar-refractivity contribution in [3.05, 3.63) is 160 Å². The molecule has 346 valence electrons. The van der Waals surface area contributed by atoms with Crippen LogP contribution < -0.4 is 10.6 Å². The fourth-order valence-electron chi connectivity index (χ4n) is 9.99. The second-order valence-electron chi connectivity index (χ2n) is 18.2. The molecule has 4 saturated carbocycles. The first-order valence-corrected chi connectivity index (χ1v) is 22.0. The summed E-state index contributed by atoms with van der Waals surface area (Å²) in [6.45, 7) is 11.1. The summed E-state index contributed by atoms with van der Waals surface area (Å²) in [5.74, 6) is -4.82. The normalized spacial score (nSPS) is 20.1. The van der Waals surface area contributed by atoms with Gasteiger partial charge in [-0.15, -0.1) is 0 Å². The van der Waals surface area contributed by atoms with Crippen LogP contribution in [0.2, 0.25) is 0 Å². The SMILES string of the molecule is C=CC(=O)COC(=O)c1ccc(C(C)(C)c2ccc(C(=O)OCC(=O)C=C)c(C(=O)Nc3cccc(C(=O)OC45CC6CC(CC(OC(=O)c7cccc(C)c7)(C6)C4)C5)c3)c2)cc1C(=O)NC. The van der Waals surface area contributed by atoms with Crippen molar-refractivity contribution in [2.45, 2.75) is 75.9 Å². The van der Waals surface area contributed by atoms with Crippen LogP contribution in [-0.2, 0) is 34.0 Å². The van der Waals surface area contributed by atoms with Gasteiger partial charge in [-0.05, 0) is 129 Å². The van der Waals surface area contributed by atoms with Crippen molar-refractivity contribution in [3.63, 3.8) is 0 Å². The molecule has 0 aromatic heterocycles. The number of rotatable bonds is 17. The van der Waals surface area contributed by atoms with Gasteiger partial charge in [-0.3, -0.25) is 19.2 Å². The number of benzene rings is 4. The standard InChI is InChI=1S/C53H52N2O12/c1-7-39(56)28-64-49(62)41-17-15-36(22-43(41)45(58)54-6)51(4,5)37-16-18-42(50(63)65-29-40(57)8-2)44(23-37)46(59)55-38-14-10-13-35(21-38)48(61)67-53-26-32-20-33(27-53)25-52(24-32,30-53)66-47(60)34-12-9-11-31(3)19-34/h7-19,21-23,32-33H,1-2,20,24-30H2,3-6H3,(H,54,58)(H,55,59). The first-order valence-electron chi connectivity index (χ1n) is 22.0. The van der Waals surface area contributed by atoms with E-state index in [-0.39, 0.29) is 45.3 Å². The molecule has 4 aromatic rings. The molecule has 0 aliphatic heterocycles. The molecule has 0 heterocycles. The first-order chi connectivity index (χ1) is 31.9. The number of esters is 4. The molecule has 4 aliphatic rings. The number of aryl methyl sites for hydroxylation is 1. The predicted molar refractivity (Wildman–Crippen MR) is 246 cm³/mol. The molecule has 8 rings (SSSR count). The number of amides is 2. The maximum atomic E-state index is 14.3. The number of hydrogen-bond donors (Lipinski definition) is 2. The van der Waals surface area contributed by atoms with Crippen molar-refractivity contribution in [1.82, 2.24) is 5.32 Å². The lowest BCUT2D eigenvalue weighted by Crippen LogP contribution is -2.61. The van der Waals surface area contributed by atoms with E-state index in [1.54, 1.807) is 42.5 Å². The van der Waals surface area contributed by atoms with E-state index in [9.17, 15) is 38.4 Å². The molecule has 0 radical (unpaired) electrons. The summed E-state index contributed by atoms with van der Waals surface area (Å²) in [5, 5.41) is 5.31. The molecule has 4 aromatic carbocycles. The van der Waals surface area contributed by atoms with Crippen molar-refractivity contribution >= 4 is 52.9 Å². The highest BCUT2D eigenvalue weighted by molar-refractivity contribution is 6.12. The highest BCUT2D eigenvalue weighted by atomic mass is 16.6. The molecule has 14 nitrogen and oxygen atoms in total. The topological polar surface area (TPSA) is 198 Å². The Labute approximate surface area is 388 Å². The molecule has 0 saturated heterocycles. The van der Waals surface area contributed by atoms with Crippen LogP contribution in [-0.4, -0.2) is 78.7 Å². The third kappa shape index (κ3) is 10.3. The average Bonchev–Trinajstić information content (AvgIpc) is 3.30. The van der Waals surface area contributed by atoms with E-state index >= 15 is 0 Å². The van der Waals surface area contributed by atoms with Gasteiger partial charge in [0.15, 0.2) is 24.8 Å². The van der Waals surface area contributed by atoms with Gasteiger partial charge in [0, 0.05) is 24.6 Å². The molecular weight excluding hydrogens is 857 g/mol. The lowest BCUT2D eigenvalue weighted by Gasteiger charge is -2.60. The summed E-state index contributed by atoms with van der Waals surface area (Å²) < 4.78 is 23.0. The van der Waals surface area contributed by atoms with Crippen LogP contribution in [0, 0.1) is 18.8 Å². The number of carbonyl (C=O) groups excluding carboxylic acids is 8. The van der Waals surface area contributed by atoms with Gasteiger partial charge in [-0.25, -0.2) is 19.2 Å². The van der Waals surface area contributed by atoms with E-state index in [1.807, 2.05) is 32.9 Å². The van der Waals surface area contributed by atoms with Crippen molar-refractivity contribution in [3.8, 4) is 0 Å². The Kier molecular flexibility index (Phi) is 13.6. The minimum atomic E-state index is -0.987. The highest BCUT2D eigenvalue weighted by Gasteiger charge is 2.61. The van der Waals surface area contributed by atoms with Gasteiger partial charge >= 0.3 is 23.9 Å². The molecular formula is C53H52N2O12. The van der Waals surface area contributed by atoms with Gasteiger partial charge in [-0.1, -0.05) is 62.9 Å². The third-order valence-corrected chi connectivity index (χ3v) is 13.0. The Hall–Kier alpha value is -7.48. The summed E-state index contributed by atoms with van der Waals surface area (Å²) in [6, 6.07) is 22.5. The van der Waals surface area contributed by atoms with E-state index in [0.717, 1.165) is 24.1 Å². The largest absolute Gasteiger partial charge is 0.455 e. The molecule has 2 unspecified atom stereocenters. The van der Waals surface area contributed by atoms with E-state index in [0.29, 0.717) is 48.8 Å². The van der Waals surface area contributed by atoms with Crippen LogP contribution in [0.25, 0.3) is 0 Å². The first kappa shape index (κ1) is 47.5. The lowest BCUT2D eigenvalue weighted by molar-refractivity contribution is -0.200. The Morgan fingerprint density at radius 2 is 1.10 bits per heavy atom. The quantitative estimate of drug-likeness (QED) is 0.0592. The summed E-state index contributed by atoms with van der Waals surface area (Å²) in [6.07, 6.45) is 6.11. The molecule has 4 fully saturated rings. The fraction of sp³-hybridized carbons (Fsp3) is 0.321. The van der Waals surface area contributed by atoms with Crippen LogP contribution in [0.5, 0.6) is 0 Å². The van der Waals surface area contributed by atoms with Gasteiger partial charge in [0.1, 0.15) is 11.2 Å². The number of carbonyl (C=O) groups is 8. The maximum Gasteiger partial charge on any atom is 0.339 e. The monoisotopic (exact) mass is 908 g/mol. The van der Waals surface area contributed by atoms with E-state index in [1.165, 1.54) is 37.4 Å². The molecule has 0 spiro atoms. The second-order valence-corrected chi connectivity index (χ2v) is 18.2. The van der Waals surface area contributed by atoms with E-state index in [4.69, 9.17) is 18.9 Å².